The van der Waals surface area contributed by atoms with E-state index in [2.05, 4.69) is 18.5 Å². The average Bonchev–Trinajstić information content (AvgIpc) is 2.46. The first kappa shape index (κ1) is 16.7. The first-order chi connectivity index (χ1) is 10.1. The third-order valence-electron chi connectivity index (χ3n) is 3.17. The molecule has 1 aromatic rings. The van der Waals surface area contributed by atoms with Gasteiger partial charge >= 0.3 is 5.97 Å². The van der Waals surface area contributed by atoms with Gasteiger partial charge in [-0.05, 0) is 18.4 Å². The van der Waals surface area contributed by atoms with Gasteiger partial charge in [0.2, 0.25) is 5.91 Å². The molecule has 0 fully saturated rings. The van der Waals surface area contributed by atoms with E-state index in [-0.39, 0.29) is 18.2 Å². The van der Waals surface area contributed by atoms with Crippen LogP contribution in [0.25, 0.3) is 0 Å². The van der Waals surface area contributed by atoms with E-state index in [1.54, 1.807) is 12.2 Å². The molecule has 0 aliphatic carbocycles. The van der Waals surface area contributed by atoms with Crippen molar-refractivity contribution in [2.45, 2.75) is 25.3 Å². The highest BCUT2D eigenvalue weighted by molar-refractivity contribution is 5.80. The van der Waals surface area contributed by atoms with E-state index < -0.39 is 12.0 Å². The normalized spacial score (nSPS) is 11.7. The number of rotatable bonds is 9. The summed E-state index contributed by atoms with van der Waals surface area (Å²) >= 11 is 0. The van der Waals surface area contributed by atoms with Crippen LogP contribution in [0.4, 0.5) is 0 Å². The molecule has 0 radical (unpaired) electrons. The number of benzene rings is 1. The Morgan fingerprint density at radius 2 is 1.71 bits per heavy atom. The maximum atomic E-state index is 12.3. The van der Waals surface area contributed by atoms with Gasteiger partial charge < -0.3 is 10.4 Å². The molecule has 4 heteroatoms. The van der Waals surface area contributed by atoms with Crippen LogP contribution in [0.2, 0.25) is 0 Å². The quantitative estimate of drug-likeness (QED) is 0.686. The first-order valence-electron chi connectivity index (χ1n) is 6.87. The molecule has 1 aromatic carbocycles. The molecule has 1 unspecified atom stereocenters. The molecule has 21 heavy (non-hydrogen) atoms. The molecule has 0 heterocycles. The largest absolute Gasteiger partial charge is 0.481 e. The van der Waals surface area contributed by atoms with Crippen molar-refractivity contribution >= 4 is 11.9 Å². The summed E-state index contributed by atoms with van der Waals surface area (Å²) in [5.74, 6) is -1.39. The Kier molecular flexibility index (Phi) is 6.95. The summed E-state index contributed by atoms with van der Waals surface area (Å²) in [7, 11) is 0. The Bertz CT molecular complexity index is 486. The van der Waals surface area contributed by atoms with Gasteiger partial charge in [0, 0.05) is 5.92 Å². The van der Waals surface area contributed by atoms with E-state index >= 15 is 0 Å². The van der Waals surface area contributed by atoms with Crippen molar-refractivity contribution in [1.29, 1.82) is 0 Å². The van der Waals surface area contributed by atoms with Crippen LogP contribution >= 0.6 is 0 Å². The highest BCUT2D eigenvalue weighted by Gasteiger charge is 2.22. The van der Waals surface area contributed by atoms with Crippen molar-refractivity contribution in [3.8, 4) is 0 Å². The number of carboxylic acids is 1. The van der Waals surface area contributed by atoms with Crippen LogP contribution in [0.5, 0.6) is 0 Å². The third-order valence-corrected chi connectivity index (χ3v) is 3.17. The van der Waals surface area contributed by atoms with Crippen molar-refractivity contribution in [3.63, 3.8) is 0 Å². The molecule has 0 saturated heterocycles. The number of nitrogens with one attached hydrogen (secondary N) is 1. The molecule has 1 rings (SSSR count). The number of hydrogen-bond donors (Lipinski definition) is 2. The number of allylic oxidation sites excluding steroid dienone is 2. The molecule has 0 aliphatic rings. The number of carboxylic acid groups (broad SMARTS) is 1. The number of hydrogen-bond acceptors (Lipinski definition) is 2. The van der Waals surface area contributed by atoms with Gasteiger partial charge in [-0.1, -0.05) is 42.5 Å². The molecule has 1 amide bonds. The number of carbonyl (C=O) groups is 2. The lowest BCUT2D eigenvalue weighted by atomic mass is 9.98. The zero-order valence-electron chi connectivity index (χ0n) is 12.0. The number of amides is 1. The van der Waals surface area contributed by atoms with Crippen LogP contribution in [-0.4, -0.2) is 17.0 Å². The van der Waals surface area contributed by atoms with Gasteiger partial charge in [-0.15, -0.1) is 13.2 Å². The minimum atomic E-state index is -0.951. The number of carbonyl (C=O) groups excluding carboxylic acids is 1. The van der Waals surface area contributed by atoms with E-state index in [1.807, 2.05) is 30.3 Å². The van der Waals surface area contributed by atoms with Crippen molar-refractivity contribution in [2.24, 2.45) is 5.92 Å². The van der Waals surface area contributed by atoms with Crippen molar-refractivity contribution in [1.82, 2.24) is 5.32 Å². The summed E-state index contributed by atoms with van der Waals surface area (Å²) in [5, 5.41) is 11.8. The van der Waals surface area contributed by atoms with Gasteiger partial charge in [0.15, 0.2) is 0 Å². The van der Waals surface area contributed by atoms with Crippen molar-refractivity contribution < 1.29 is 14.7 Å². The molecular formula is C17H21NO3. The van der Waals surface area contributed by atoms with Crippen LogP contribution in [0.15, 0.2) is 55.6 Å². The minimum Gasteiger partial charge on any atom is -0.481 e. The summed E-state index contributed by atoms with van der Waals surface area (Å²) in [5.41, 5.74) is 0.782. The molecule has 0 saturated carbocycles. The second-order valence-corrected chi connectivity index (χ2v) is 4.82. The molecule has 2 N–H and O–H groups in total. The second kappa shape index (κ2) is 8.74. The Hall–Kier alpha value is -2.36. The van der Waals surface area contributed by atoms with Crippen LogP contribution < -0.4 is 5.32 Å². The van der Waals surface area contributed by atoms with Crippen molar-refractivity contribution in [3.05, 3.63) is 61.2 Å². The molecule has 112 valence electrons. The van der Waals surface area contributed by atoms with Crippen LogP contribution in [0.1, 0.15) is 30.9 Å². The van der Waals surface area contributed by atoms with Gasteiger partial charge in [-0.3, -0.25) is 9.59 Å². The van der Waals surface area contributed by atoms with Gasteiger partial charge in [0.25, 0.3) is 0 Å². The van der Waals surface area contributed by atoms with Crippen LogP contribution in [-0.2, 0) is 9.59 Å². The smallest absolute Gasteiger partial charge is 0.305 e. The van der Waals surface area contributed by atoms with Gasteiger partial charge in [0.1, 0.15) is 0 Å². The number of aliphatic carboxylic acids is 1. The van der Waals surface area contributed by atoms with E-state index in [0.29, 0.717) is 12.8 Å². The highest BCUT2D eigenvalue weighted by atomic mass is 16.4. The fraction of sp³-hybridized carbons (Fsp3) is 0.294. The predicted octanol–water partition coefficient (Wildman–Crippen LogP) is 3.09. The Morgan fingerprint density at radius 1 is 1.14 bits per heavy atom. The second-order valence-electron chi connectivity index (χ2n) is 4.82. The summed E-state index contributed by atoms with van der Waals surface area (Å²) in [4.78, 5) is 23.3. The summed E-state index contributed by atoms with van der Waals surface area (Å²) in [6.07, 6.45) is 4.29. The lowest BCUT2D eigenvalue weighted by Gasteiger charge is -2.21. The minimum absolute atomic E-state index is 0.148. The Balaban J connectivity index is 2.84. The molecule has 4 nitrogen and oxygen atoms in total. The lowest BCUT2D eigenvalue weighted by molar-refractivity contribution is -0.138. The maximum Gasteiger partial charge on any atom is 0.305 e. The molecule has 0 spiro atoms. The van der Waals surface area contributed by atoms with Crippen LogP contribution in [0, 0.1) is 5.92 Å². The predicted molar refractivity (Wildman–Crippen MR) is 82.7 cm³/mol. The fourth-order valence-electron chi connectivity index (χ4n) is 2.11. The van der Waals surface area contributed by atoms with Gasteiger partial charge in [0.05, 0.1) is 12.5 Å². The molecule has 0 aliphatic heterocycles. The average molecular weight is 287 g/mol. The lowest BCUT2D eigenvalue weighted by Crippen LogP contribution is -2.34. The van der Waals surface area contributed by atoms with E-state index in [9.17, 15) is 9.59 Å². The third kappa shape index (κ3) is 5.65. The molecular weight excluding hydrogens is 266 g/mol. The molecule has 0 aromatic heterocycles. The van der Waals surface area contributed by atoms with E-state index in [4.69, 9.17) is 5.11 Å². The first-order valence-corrected chi connectivity index (χ1v) is 6.87. The zero-order valence-corrected chi connectivity index (χ0v) is 12.0. The monoisotopic (exact) mass is 287 g/mol. The summed E-state index contributed by atoms with van der Waals surface area (Å²) < 4.78 is 0. The Labute approximate surface area is 125 Å². The fourth-order valence-corrected chi connectivity index (χ4v) is 2.11. The summed E-state index contributed by atoms with van der Waals surface area (Å²) in [6, 6.07) is 8.57. The highest BCUT2D eigenvalue weighted by Crippen LogP contribution is 2.19. The zero-order chi connectivity index (χ0) is 15.7. The van der Waals surface area contributed by atoms with Crippen molar-refractivity contribution in [2.75, 3.05) is 0 Å². The van der Waals surface area contributed by atoms with Gasteiger partial charge in [-0.25, -0.2) is 0 Å². The SMILES string of the molecule is C=CCC(CC=C)C(=O)NC(CC(=O)O)c1ccccc1. The molecule has 1 atom stereocenters. The standard InChI is InChI=1S/C17H21NO3/c1-3-8-14(9-4-2)17(21)18-15(12-16(19)20)13-10-6-5-7-11-13/h3-7,10-11,14-15H,1-2,8-9,12H2,(H,18,21)(H,19,20). The maximum absolute atomic E-state index is 12.3. The van der Waals surface area contributed by atoms with Gasteiger partial charge in [-0.2, -0.15) is 0 Å². The summed E-state index contributed by atoms with van der Waals surface area (Å²) in [6.45, 7) is 7.28. The van der Waals surface area contributed by atoms with E-state index in [1.165, 1.54) is 0 Å². The Morgan fingerprint density at radius 3 is 2.19 bits per heavy atom. The van der Waals surface area contributed by atoms with E-state index in [0.717, 1.165) is 5.56 Å². The van der Waals surface area contributed by atoms with Crippen LogP contribution in [0.3, 0.4) is 0 Å². The molecule has 0 bridgehead atoms. The topological polar surface area (TPSA) is 66.4 Å².